The molecule has 6 nitrogen and oxygen atoms in total. The fourth-order valence-corrected chi connectivity index (χ4v) is 2.56. The number of rotatable bonds is 1. The molecule has 0 atom stereocenters. The van der Waals surface area contributed by atoms with Crippen LogP contribution < -0.4 is 17.1 Å². The van der Waals surface area contributed by atoms with Crippen LogP contribution in [0.4, 0.5) is 0 Å². The van der Waals surface area contributed by atoms with Crippen molar-refractivity contribution in [2.24, 2.45) is 0 Å². The van der Waals surface area contributed by atoms with E-state index in [1.807, 2.05) is 19.1 Å². The second-order valence-corrected chi connectivity index (χ2v) is 5.17. The van der Waals surface area contributed by atoms with Gasteiger partial charge in [0, 0.05) is 23.6 Å². The minimum Gasteiger partial charge on any atom is -0.245 e. The third-order valence-corrected chi connectivity index (χ3v) is 3.49. The van der Waals surface area contributed by atoms with Gasteiger partial charge in [-0.25, -0.2) is 19.0 Å². The van der Waals surface area contributed by atoms with E-state index < -0.39 is 17.1 Å². The van der Waals surface area contributed by atoms with Crippen molar-refractivity contribution in [3.8, 4) is 5.69 Å². The van der Waals surface area contributed by atoms with Crippen molar-refractivity contribution in [1.82, 2.24) is 12.7 Å². The molecule has 0 amide bonds. The normalized spacial score (nSPS) is 10.8. The fraction of sp³-hybridized carbons (Fsp3) is 0.250. The molecule has 0 saturated carbocycles. The summed E-state index contributed by atoms with van der Waals surface area (Å²) in [5.41, 5.74) is -0.233. The Morgan fingerprint density at radius 2 is 1.20 bits per heavy atom. The van der Waals surface area contributed by atoms with Gasteiger partial charge in [-0.05, 0) is 31.9 Å². The van der Waals surface area contributed by atoms with Gasteiger partial charge in [0.05, 0.1) is 5.69 Å². The van der Waals surface area contributed by atoms with E-state index in [0.717, 1.165) is 10.1 Å². The van der Waals surface area contributed by atoms with Crippen molar-refractivity contribution in [3.05, 3.63) is 60.3 Å². The molecular weight excluding hydrogens is 305 g/mol. The van der Waals surface area contributed by atoms with E-state index >= 15 is 0 Å². The van der Waals surface area contributed by atoms with Crippen LogP contribution in [0.15, 0.2) is 26.5 Å². The van der Waals surface area contributed by atoms with Gasteiger partial charge >= 0.3 is 17.1 Å². The quantitative estimate of drug-likeness (QED) is 0.791. The number of nitrogens with zero attached hydrogens (tertiary/aromatic N) is 3. The van der Waals surface area contributed by atoms with Gasteiger partial charge in [0.2, 0.25) is 0 Å². The highest BCUT2D eigenvalue weighted by Gasteiger charge is 2.17. The van der Waals surface area contributed by atoms with Crippen LogP contribution in [-0.4, -0.2) is 12.7 Å². The third-order valence-electron chi connectivity index (χ3n) is 2.91. The summed E-state index contributed by atoms with van der Waals surface area (Å²) in [6.45, 7) is 5.40. The van der Waals surface area contributed by atoms with Gasteiger partial charge in [0.15, 0.2) is 0 Å². The predicted molar refractivity (Wildman–Crippen MR) is 77.3 cm³/mol. The van der Waals surface area contributed by atoms with Gasteiger partial charge in [-0.3, -0.25) is 0 Å². The smallest absolute Gasteiger partial charge is 0.245 e. The van der Waals surface area contributed by atoms with Gasteiger partial charge < -0.3 is 0 Å². The van der Waals surface area contributed by atoms with Crippen LogP contribution in [0.25, 0.3) is 5.69 Å². The van der Waals surface area contributed by atoms with Crippen LogP contribution in [0.5, 0.6) is 0 Å². The molecule has 8 heteroatoms. The predicted octanol–water partition coefficient (Wildman–Crippen LogP) is 1.09. The molecule has 2 aromatic rings. The van der Waals surface area contributed by atoms with Crippen molar-refractivity contribution in [1.29, 1.82) is 0 Å². The first kappa shape index (κ1) is 14.6. The molecule has 0 bridgehead atoms. The monoisotopic (exact) mass is 315 g/mol. The molecule has 0 fully saturated rings. The van der Waals surface area contributed by atoms with E-state index in [0.29, 0.717) is 16.8 Å². The minimum absolute atomic E-state index is 0.271. The van der Waals surface area contributed by atoms with Crippen LogP contribution in [0.3, 0.4) is 0 Å². The van der Waals surface area contributed by atoms with E-state index in [4.69, 9.17) is 23.6 Å². The summed E-state index contributed by atoms with van der Waals surface area (Å²) in [5.74, 6) is 0. The van der Waals surface area contributed by atoms with Crippen molar-refractivity contribution in [3.63, 3.8) is 0 Å². The zero-order valence-electron chi connectivity index (χ0n) is 11.0. The molecule has 0 aliphatic heterocycles. The maximum atomic E-state index is 12.1. The summed E-state index contributed by atoms with van der Waals surface area (Å²) in [5, 5.41) is 0. The van der Waals surface area contributed by atoms with Crippen LogP contribution in [-0.2, 0) is 0 Å². The maximum Gasteiger partial charge on any atom is 0.366 e. The fourth-order valence-electron chi connectivity index (χ4n) is 2.21. The second-order valence-electron chi connectivity index (χ2n) is 4.49. The number of hydrogen-bond acceptors (Lipinski definition) is 3. The number of aryl methyl sites for hydroxylation is 3. The Morgan fingerprint density at radius 3 is 1.60 bits per heavy atom. The molecule has 0 aliphatic rings. The van der Waals surface area contributed by atoms with Crippen molar-refractivity contribution in [2.75, 3.05) is 0 Å². The van der Waals surface area contributed by atoms with Crippen LogP contribution >= 0.6 is 23.6 Å². The van der Waals surface area contributed by atoms with Crippen LogP contribution in [0, 0.1) is 20.8 Å². The van der Waals surface area contributed by atoms with Crippen molar-refractivity contribution in [2.45, 2.75) is 20.8 Å². The van der Waals surface area contributed by atoms with Gasteiger partial charge in [0.1, 0.15) is 0 Å². The van der Waals surface area contributed by atoms with Crippen LogP contribution in [0.1, 0.15) is 16.7 Å². The minimum atomic E-state index is -1.10. The van der Waals surface area contributed by atoms with Gasteiger partial charge in [-0.15, -0.1) is 8.17 Å². The zero-order chi connectivity index (χ0) is 15.2. The number of aromatic nitrogens is 3. The summed E-state index contributed by atoms with van der Waals surface area (Å²) >= 11 is 11.1. The number of halogens is 2. The van der Waals surface area contributed by atoms with E-state index in [9.17, 15) is 14.4 Å². The first-order valence-corrected chi connectivity index (χ1v) is 6.35. The summed E-state index contributed by atoms with van der Waals surface area (Å²) in [4.78, 5) is 35.6. The van der Waals surface area contributed by atoms with Crippen molar-refractivity contribution < 1.29 is 0 Å². The van der Waals surface area contributed by atoms with Gasteiger partial charge in [-0.2, -0.15) is 0 Å². The molecule has 0 aliphatic carbocycles. The zero-order valence-corrected chi connectivity index (χ0v) is 12.5. The Morgan fingerprint density at radius 1 is 0.800 bits per heavy atom. The van der Waals surface area contributed by atoms with E-state index in [-0.39, 0.29) is 8.17 Å². The van der Waals surface area contributed by atoms with E-state index in [1.54, 1.807) is 13.8 Å². The largest absolute Gasteiger partial charge is 0.366 e. The Kier molecular flexibility index (Phi) is 3.62. The molecule has 106 valence electrons. The first-order valence-electron chi connectivity index (χ1n) is 5.67. The molecular formula is C12H11Cl2N3O3. The lowest BCUT2D eigenvalue weighted by Gasteiger charge is -2.13. The summed E-state index contributed by atoms with van der Waals surface area (Å²) in [7, 11) is 0. The molecule has 2 rings (SSSR count). The molecule has 0 radical (unpaired) electrons. The number of benzene rings is 1. The SMILES string of the molecule is Cc1cc(C)c(-n2c(=O)n(Cl)c(=O)n(Cl)c2=O)c(C)c1. The molecule has 1 heterocycles. The summed E-state index contributed by atoms with van der Waals surface area (Å²) < 4.78 is 1.33. The topological polar surface area (TPSA) is 66.0 Å². The number of hydrogen-bond donors (Lipinski definition) is 0. The lowest BCUT2D eigenvalue weighted by atomic mass is 10.1. The second kappa shape index (κ2) is 4.96. The summed E-state index contributed by atoms with van der Waals surface area (Å²) in [6, 6.07) is 3.63. The molecule has 1 aromatic heterocycles. The Balaban J connectivity index is 3.03. The molecule has 20 heavy (non-hydrogen) atoms. The maximum absolute atomic E-state index is 12.1. The molecule has 0 unspecified atom stereocenters. The molecule has 0 spiro atoms. The first-order chi connectivity index (χ1) is 9.25. The Labute approximate surface area is 123 Å². The van der Waals surface area contributed by atoms with Gasteiger partial charge in [-0.1, -0.05) is 17.7 Å². The molecule has 0 saturated heterocycles. The molecule has 0 N–H and O–H groups in total. The standard InChI is InChI=1S/C12H11Cl2N3O3/c1-6-4-7(2)9(8(3)5-6)15-10(18)16(13)12(20)17(14)11(15)19/h4-5H,1-3H3. The highest BCUT2D eigenvalue weighted by molar-refractivity contribution is 6.17. The average Bonchev–Trinajstić information content (AvgIpc) is 2.37. The Hall–Kier alpha value is -1.79. The highest BCUT2D eigenvalue weighted by Crippen LogP contribution is 2.18. The molecule has 1 aromatic carbocycles. The highest BCUT2D eigenvalue weighted by atomic mass is 35.5. The average molecular weight is 316 g/mol. The van der Waals surface area contributed by atoms with E-state index in [2.05, 4.69) is 0 Å². The van der Waals surface area contributed by atoms with Crippen molar-refractivity contribution >= 4 is 23.6 Å². The third kappa shape index (κ3) is 2.10. The lowest BCUT2D eigenvalue weighted by Crippen LogP contribution is -2.49. The summed E-state index contributed by atoms with van der Waals surface area (Å²) in [6.07, 6.45) is 0. The van der Waals surface area contributed by atoms with Gasteiger partial charge in [0.25, 0.3) is 0 Å². The van der Waals surface area contributed by atoms with E-state index in [1.165, 1.54) is 0 Å². The van der Waals surface area contributed by atoms with Crippen LogP contribution in [0.2, 0.25) is 0 Å². The lowest BCUT2D eigenvalue weighted by molar-refractivity contribution is 0.720. The Bertz CT molecular complexity index is 814.